The molecule has 9 heteroatoms. The number of nitrogens with zero attached hydrogens (tertiary/aromatic N) is 9. The molecule has 0 fully saturated rings. The first kappa shape index (κ1) is 57.2. The molecule has 102 heavy (non-hydrogen) atoms. The standard InChI is InChI=1S/C93H60N9/c1-5-31-61(32-6-1)76-60-77(95-91(94-76)62-33-7-2-8-34-62)88-89(97-78-48-22-13-39-66(78)67-40-14-23-49-79(67)97)92(99-82-52-26-17-43-70(82)71-44-18-27-53-83(71)99)102(101-86-56-30-21-47-74(86)75-59-65(57-58-87(75)101)96(63-35-9-3-10-36-63)64-37-11-4-12-38-64)93(100-84-54-28-19-45-72(84)73-46-20-29-55-85(73)100)90(88)98-80-50-24-15-41-68(80)69-42-16-25-51-81(69)98/h1-60H/q+1. The van der Waals surface area contributed by atoms with Crippen molar-refractivity contribution in [2.24, 2.45) is 0 Å². The third kappa shape index (κ3) is 8.55. The van der Waals surface area contributed by atoms with Gasteiger partial charge in [-0.15, -0.1) is 4.68 Å². The van der Waals surface area contributed by atoms with Crippen LogP contribution in [0.25, 0.3) is 166 Å². The van der Waals surface area contributed by atoms with Crippen molar-refractivity contribution in [2.45, 2.75) is 0 Å². The lowest BCUT2D eigenvalue weighted by molar-refractivity contribution is -0.708. The van der Waals surface area contributed by atoms with Crippen molar-refractivity contribution < 1.29 is 4.68 Å². The van der Waals surface area contributed by atoms with Crippen LogP contribution in [0.5, 0.6) is 0 Å². The van der Waals surface area contributed by atoms with Gasteiger partial charge in [-0.1, -0.05) is 261 Å². The highest BCUT2D eigenvalue weighted by Gasteiger charge is 2.42. The van der Waals surface area contributed by atoms with Gasteiger partial charge in [-0.05, 0) is 103 Å². The van der Waals surface area contributed by atoms with Gasteiger partial charge < -0.3 is 14.0 Å². The second-order valence-corrected chi connectivity index (χ2v) is 26.2. The van der Waals surface area contributed by atoms with Crippen molar-refractivity contribution in [1.82, 2.24) is 32.9 Å². The minimum atomic E-state index is 0.597. The predicted molar refractivity (Wildman–Crippen MR) is 421 cm³/mol. The van der Waals surface area contributed by atoms with E-state index >= 15 is 0 Å². The van der Waals surface area contributed by atoms with Crippen LogP contribution in [0.1, 0.15) is 0 Å². The Kier molecular flexibility index (Phi) is 12.8. The molecule has 0 unspecified atom stereocenters. The summed E-state index contributed by atoms with van der Waals surface area (Å²) in [6, 6.07) is 133. The maximum atomic E-state index is 6.15. The zero-order valence-corrected chi connectivity index (χ0v) is 55.2. The molecule has 7 heterocycles. The molecule has 21 aromatic rings. The summed E-state index contributed by atoms with van der Waals surface area (Å²) in [6.07, 6.45) is 0. The van der Waals surface area contributed by atoms with Crippen LogP contribution in [0, 0.1) is 0 Å². The molecule has 0 aliphatic rings. The van der Waals surface area contributed by atoms with Crippen molar-refractivity contribution in [1.29, 1.82) is 0 Å². The monoisotopic (exact) mass is 1300 g/mol. The first-order valence-electron chi connectivity index (χ1n) is 34.7. The van der Waals surface area contributed by atoms with Gasteiger partial charge in [0.05, 0.1) is 50.1 Å². The minimum Gasteiger partial charge on any atom is -0.310 e. The maximum absolute atomic E-state index is 6.15. The second-order valence-electron chi connectivity index (χ2n) is 26.2. The van der Waals surface area contributed by atoms with Gasteiger partial charge in [0.25, 0.3) is 11.6 Å². The van der Waals surface area contributed by atoms with Crippen molar-refractivity contribution in [3.05, 3.63) is 364 Å². The molecule has 0 spiro atoms. The van der Waals surface area contributed by atoms with Crippen LogP contribution in [0.15, 0.2) is 364 Å². The zero-order chi connectivity index (χ0) is 66.9. The van der Waals surface area contributed by atoms with Gasteiger partial charge in [0, 0.05) is 82.1 Å². The van der Waals surface area contributed by atoms with Crippen LogP contribution in [0.4, 0.5) is 17.1 Å². The molecule has 476 valence electrons. The minimum absolute atomic E-state index is 0.597. The second kappa shape index (κ2) is 22.9. The van der Waals surface area contributed by atoms with Crippen LogP contribution in [0.2, 0.25) is 0 Å². The first-order valence-corrected chi connectivity index (χ1v) is 34.7. The predicted octanol–water partition coefficient (Wildman–Crippen LogP) is 23.0. The Balaban J connectivity index is 1.10. The summed E-state index contributed by atoms with van der Waals surface area (Å²) in [6.45, 7) is 0. The first-order chi connectivity index (χ1) is 50.7. The van der Waals surface area contributed by atoms with Crippen molar-refractivity contribution in [2.75, 3.05) is 4.90 Å². The van der Waals surface area contributed by atoms with Crippen molar-refractivity contribution >= 4 is 126 Å². The molecule has 9 nitrogen and oxygen atoms in total. The van der Waals surface area contributed by atoms with Crippen LogP contribution >= 0.6 is 0 Å². The fraction of sp³-hybridized carbons (Fsp3) is 0. The molecule has 0 atom stereocenters. The lowest BCUT2D eigenvalue weighted by Gasteiger charge is -2.28. The van der Waals surface area contributed by atoms with Crippen LogP contribution in [-0.2, 0) is 0 Å². The summed E-state index contributed by atoms with van der Waals surface area (Å²) in [5.74, 6) is 2.32. The molecule has 0 N–H and O–H groups in total. The molecule has 0 bridgehead atoms. The molecular weight excluding hydrogens is 1240 g/mol. The molecular formula is C93H60N9+. The smallest absolute Gasteiger partial charge is 0.282 e. The van der Waals surface area contributed by atoms with E-state index in [2.05, 4.69) is 397 Å². The van der Waals surface area contributed by atoms with E-state index in [0.29, 0.717) is 5.82 Å². The summed E-state index contributed by atoms with van der Waals surface area (Å²) in [4.78, 5) is 14.1. The number of fused-ring (bicyclic) bond motifs is 15. The Morgan fingerprint density at radius 2 is 0.520 bits per heavy atom. The third-order valence-electron chi connectivity index (χ3n) is 20.7. The number of hydrogen-bond acceptors (Lipinski definition) is 3. The lowest BCUT2D eigenvalue weighted by atomic mass is 10.0. The molecule has 0 saturated heterocycles. The quantitative estimate of drug-likeness (QED) is 0.121. The van der Waals surface area contributed by atoms with Crippen LogP contribution < -0.4 is 9.58 Å². The molecule has 7 aromatic heterocycles. The number of anilines is 3. The maximum Gasteiger partial charge on any atom is 0.282 e. The molecule has 0 amide bonds. The average molecular weight is 1300 g/mol. The Morgan fingerprint density at radius 1 is 0.225 bits per heavy atom. The van der Waals surface area contributed by atoms with Gasteiger partial charge in [-0.2, -0.15) is 4.68 Å². The molecule has 14 aromatic carbocycles. The fourth-order valence-electron chi connectivity index (χ4n) is 16.5. The SMILES string of the molecule is c1ccc(-c2cc(-c3c(-n4c5ccccc5c5ccccc54)c(-n4c5ccccc5c5ccccc54)[n+](-n4c5ccccc5c5cc(N(c6ccccc6)c6ccccc6)ccc54)c(-n4c5ccccc5c5ccccc54)c3-n3c4ccccc4c4ccccc43)nc(-c3ccccc3)n2)cc1. The van der Waals surface area contributed by atoms with Gasteiger partial charge in [0.2, 0.25) is 0 Å². The molecule has 0 aliphatic carbocycles. The Morgan fingerprint density at radius 3 is 0.902 bits per heavy atom. The summed E-state index contributed by atoms with van der Waals surface area (Å²) >= 11 is 0. The highest BCUT2D eigenvalue weighted by Crippen LogP contribution is 2.50. The van der Waals surface area contributed by atoms with E-state index in [1.165, 1.54) is 0 Å². The van der Waals surface area contributed by atoms with E-state index in [4.69, 9.17) is 9.97 Å². The van der Waals surface area contributed by atoms with E-state index in [1.54, 1.807) is 0 Å². The molecule has 0 aliphatic heterocycles. The van der Waals surface area contributed by atoms with Crippen molar-refractivity contribution in [3.63, 3.8) is 0 Å². The topological polar surface area (TPSA) is 57.5 Å². The number of aromatic nitrogens is 8. The fourth-order valence-corrected chi connectivity index (χ4v) is 16.5. The average Bonchev–Trinajstić information content (AvgIpc) is 1.43. The summed E-state index contributed by atoms with van der Waals surface area (Å²) in [5, 5.41) is 11.1. The Labute approximate surface area is 586 Å². The van der Waals surface area contributed by atoms with Gasteiger partial charge in [-0.3, -0.25) is 0 Å². The van der Waals surface area contributed by atoms with Crippen LogP contribution in [0.3, 0.4) is 0 Å². The highest BCUT2D eigenvalue weighted by atomic mass is 15.5. The molecule has 0 radical (unpaired) electrons. The van der Waals surface area contributed by atoms with E-state index in [0.717, 1.165) is 177 Å². The number of para-hydroxylation sites is 11. The zero-order valence-electron chi connectivity index (χ0n) is 55.2. The number of benzene rings is 14. The Bertz CT molecular complexity index is 6380. The largest absolute Gasteiger partial charge is 0.310 e. The van der Waals surface area contributed by atoms with Crippen LogP contribution in [-0.4, -0.2) is 32.9 Å². The highest BCUT2D eigenvalue weighted by molar-refractivity contribution is 6.16. The number of pyridine rings is 1. The molecule has 21 rings (SSSR count). The number of hydrogen-bond donors (Lipinski definition) is 0. The third-order valence-corrected chi connectivity index (χ3v) is 20.7. The van der Waals surface area contributed by atoms with Crippen molar-refractivity contribution in [3.8, 4) is 56.9 Å². The van der Waals surface area contributed by atoms with Gasteiger partial charge >= 0.3 is 0 Å². The summed E-state index contributed by atoms with van der Waals surface area (Å²) in [7, 11) is 0. The van der Waals surface area contributed by atoms with E-state index < -0.39 is 0 Å². The van der Waals surface area contributed by atoms with E-state index in [1.807, 2.05) is 0 Å². The number of rotatable bonds is 11. The van der Waals surface area contributed by atoms with Gasteiger partial charge in [0.15, 0.2) is 5.82 Å². The molecule has 0 saturated carbocycles. The summed E-state index contributed by atoms with van der Waals surface area (Å²) in [5.41, 5.74) is 19.4. The summed E-state index contributed by atoms with van der Waals surface area (Å²) < 4.78 is 15.4. The Hall–Kier alpha value is -13.9. The van der Waals surface area contributed by atoms with E-state index in [-0.39, 0.29) is 0 Å². The lowest BCUT2D eigenvalue weighted by Crippen LogP contribution is -2.51. The normalized spacial score (nSPS) is 11.9. The van der Waals surface area contributed by atoms with Gasteiger partial charge in [0.1, 0.15) is 33.4 Å². The van der Waals surface area contributed by atoms with Gasteiger partial charge in [-0.25, -0.2) is 19.1 Å². The van der Waals surface area contributed by atoms with E-state index in [9.17, 15) is 0 Å².